The summed E-state index contributed by atoms with van der Waals surface area (Å²) in [7, 11) is -4.03. The van der Waals surface area contributed by atoms with Gasteiger partial charge in [0.05, 0.1) is 18.0 Å². The molecule has 2 aliphatic rings. The molecule has 3 aromatic rings. The summed E-state index contributed by atoms with van der Waals surface area (Å²) in [5.74, 6) is 1.90. The van der Waals surface area contributed by atoms with E-state index in [1.807, 2.05) is 48.8 Å². The molecule has 0 atom stereocenters. The fourth-order valence-electron chi connectivity index (χ4n) is 6.48. The van der Waals surface area contributed by atoms with Gasteiger partial charge in [0.1, 0.15) is 17.1 Å². The summed E-state index contributed by atoms with van der Waals surface area (Å²) in [6, 6.07) is 12.7. The molecule has 1 saturated heterocycles. The van der Waals surface area contributed by atoms with Gasteiger partial charge in [-0.2, -0.15) is 0 Å². The predicted molar refractivity (Wildman–Crippen MR) is 190 cm³/mol. The van der Waals surface area contributed by atoms with Gasteiger partial charge in [0, 0.05) is 43.7 Å². The Labute approximate surface area is 290 Å². The Morgan fingerprint density at radius 2 is 1.82 bits per heavy atom. The fraction of sp³-hybridized carbons (Fsp3) is 0.514. The largest absolute Gasteiger partial charge is 0.377 e. The number of carbonyl (C=O) groups is 2. The van der Waals surface area contributed by atoms with E-state index in [2.05, 4.69) is 16.8 Å². The van der Waals surface area contributed by atoms with E-state index in [4.69, 9.17) is 14.3 Å². The van der Waals surface area contributed by atoms with Gasteiger partial charge in [0.2, 0.25) is 5.91 Å². The molecule has 12 heteroatoms. The van der Waals surface area contributed by atoms with E-state index in [9.17, 15) is 18.0 Å². The maximum Gasteiger partial charge on any atom is 0.263 e. The van der Waals surface area contributed by atoms with E-state index < -0.39 is 15.6 Å². The van der Waals surface area contributed by atoms with Crippen molar-refractivity contribution in [3.63, 3.8) is 0 Å². The maximum atomic E-state index is 14.2. The first-order valence-electron chi connectivity index (χ1n) is 17.3. The second-order valence-corrected chi connectivity index (χ2v) is 15.1. The number of aromatic nitrogens is 1. The molecule has 0 bridgehead atoms. The van der Waals surface area contributed by atoms with E-state index >= 15 is 0 Å². The van der Waals surface area contributed by atoms with Crippen LogP contribution in [0.4, 0.5) is 5.82 Å². The van der Waals surface area contributed by atoms with Crippen molar-refractivity contribution < 1.29 is 27.3 Å². The van der Waals surface area contributed by atoms with Crippen LogP contribution in [0.5, 0.6) is 0 Å². The lowest BCUT2D eigenvalue weighted by atomic mass is 9.87. The summed E-state index contributed by atoms with van der Waals surface area (Å²) in [6.07, 6.45) is 4.13. The van der Waals surface area contributed by atoms with E-state index in [0.29, 0.717) is 74.4 Å². The minimum absolute atomic E-state index is 0.00843. The zero-order valence-electron chi connectivity index (χ0n) is 29.5. The molecule has 49 heavy (non-hydrogen) atoms. The van der Waals surface area contributed by atoms with E-state index in [-0.39, 0.29) is 35.1 Å². The first-order valence-corrected chi connectivity index (χ1v) is 18.8. The molecule has 3 heterocycles. The number of ether oxygens (including phenoxy) is 1. The molecule has 1 N–H and O–H groups in total. The molecule has 2 aromatic carbocycles. The lowest BCUT2D eigenvalue weighted by molar-refractivity contribution is -0.139. The lowest BCUT2D eigenvalue weighted by Gasteiger charge is -2.36. The number of carbonyl (C=O) groups excluding carboxylic acids is 2. The Bertz CT molecular complexity index is 1810. The number of nitrogens with zero attached hydrogens (tertiary/aromatic N) is 4. The van der Waals surface area contributed by atoms with Gasteiger partial charge < -0.3 is 14.2 Å². The average molecular weight is 692 g/mol. The lowest BCUT2D eigenvalue weighted by Crippen LogP contribution is -2.51. The van der Waals surface area contributed by atoms with Gasteiger partial charge in [0.15, 0.2) is 5.82 Å². The van der Waals surface area contributed by atoms with Crippen LogP contribution in [-0.4, -0.2) is 66.3 Å². The highest BCUT2D eigenvalue weighted by molar-refractivity contribution is 7.92. The predicted octanol–water partition coefficient (Wildman–Crippen LogP) is 6.63. The standard InChI is InChI=1S/C37H49N5O6S/c1-7-9-14-33-38-37(17-19-41(20-18-37)34(43)21-25(3)4)36(44)42(33)23-28-15-16-30(29(22-28)24-47-8-2)31-12-10-11-13-32(31)49(45,46)40-35-26(5)27(6)48-39-35/h10-13,15-16,22,25H,7-9,14,17-21,23-24H2,1-6H3,(H,39,40). The second-order valence-electron chi connectivity index (χ2n) is 13.5. The van der Waals surface area contributed by atoms with Crippen molar-refractivity contribution in [1.29, 1.82) is 0 Å². The van der Waals surface area contributed by atoms with Crippen LogP contribution in [0.25, 0.3) is 11.1 Å². The number of piperidine rings is 1. The quantitative estimate of drug-likeness (QED) is 0.200. The number of aliphatic imine (C=N–C) groups is 1. The maximum absolute atomic E-state index is 14.2. The minimum atomic E-state index is -4.03. The number of amides is 2. The summed E-state index contributed by atoms with van der Waals surface area (Å²) in [4.78, 5) is 35.8. The summed E-state index contributed by atoms with van der Waals surface area (Å²) < 4.78 is 41.0. The van der Waals surface area contributed by atoms with Crippen LogP contribution in [0.1, 0.15) is 88.7 Å². The second kappa shape index (κ2) is 15.2. The number of nitrogens with one attached hydrogen (secondary N) is 1. The summed E-state index contributed by atoms with van der Waals surface area (Å²) in [5.41, 5.74) is 2.72. The number of sulfonamides is 1. The van der Waals surface area contributed by atoms with Crippen LogP contribution in [0.2, 0.25) is 0 Å². The highest BCUT2D eigenvalue weighted by Gasteiger charge is 2.49. The summed E-state index contributed by atoms with van der Waals surface area (Å²) >= 11 is 0. The number of hydrogen-bond donors (Lipinski definition) is 1. The molecule has 0 radical (unpaired) electrons. The Kier molecular flexibility index (Phi) is 11.3. The number of benzene rings is 2. The van der Waals surface area contributed by atoms with E-state index in [1.54, 1.807) is 38.1 Å². The Morgan fingerprint density at radius 3 is 2.47 bits per heavy atom. The molecule has 264 valence electrons. The van der Waals surface area contributed by atoms with E-state index in [1.165, 1.54) is 0 Å². The van der Waals surface area contributed by atoms with Crippen molar-refractivity contribution in [2.24, 2.45) is 10.9 Å². The molecule has 1 aromatic heterocycles. The molecule has 1 fully saturated rings. The van der Waals surface area contributed by atoms with Gasteiger partial charge in [-0.15, -0.1) is 0 Å². The fourth-order valence-corrected chi connectivity index (χ4v) is 7.76. The molecule has 2 aliphatic heterocycles. The molecule has 2 amide bonds. The highest BCUT2D eigenvalue weighted by Crippen LogP contribution is 2.37. The number of likely N-dealkylation sites (tertiary alicyclic amines) is 1. The van der Waals surface area contributed by atoms with Crippen molar-refractivity contribution in [2.45, 2.75) is 104 Å². The first-order chi connectivity index (χ1) is 23.4. The van der Waals surface area contributed by atoms with Crippen LogP contribution >= 0.6 is 0 Å². The SMILES string of the molecule is CCCCC1=NC2(CCN(C(=O)CC(C)C)CC2)C(=O)N1Cc1ccc(-c2ccccc2S(=O)(=O)Nc2noc(C)c2C)c(COCC)c1. The topological polar surface area (TPSA) is 134 Å². The highest BCUT2D eigenvalue weighted by atomic mass is 32.2. The average Bonchev–Trinajstić information content (AvgIpc) is 3.52. The number of hydrogen-bond acceptors (Lipinski definition) is 8. The van der Waals surface area contributed by atoms with Crippen molar-refractivity contribution in [2.75, 3.05) is 24.4 Å². The normalized spacial score (nSPS) is 16.1. The number of anilines is 1. The monoisotopic (exact) mass is 691 g/mol. The van der Waals surface area contributed by atoms with E-state index in [0.717, 1.165) is 29.8 Å². The molecule has 1 spiro atoms. The van der Waals surface area contributed by atoms with Crippen molar-refractivity contribution in [3.05, 3.63) is 64.9 Å². The van der Waals surface area contributed by atoms with Crippen LogP contribution in [-0.2, 0) is 37.5 Å². The molecule has 11 nitrogen and oxygen atoms in total. The molecule has 5 rings (SSSR count). The van der Waals surface area contributed by atoms with Crippen molar-refractivity contribution in [1.82, 2.24) is 15.0 Å². The summed E-state index contributed by atoms with van der Waals surface area (Å²) in [5, 5.41) is 3.89. The van der Waals surface area contributed by atoms with Gasteiger partial charge in [-0.05, 0) is 68.7 Å². The number of rotatable bonds is 14. The van der Waals surface area contributed by atoms with Crippen LogP contribution < -0.4 is 4.72 Å². The van der Waals surface area contributed by atoms with Gasteiger partial charge in [0.25, 0.3) is 15.9 Å². The van der Waals surface area contributed by atoms with Crippen molar-refractivity contribution >= 4 is 33.5 Å². The van der Waals surface area contributed by atoms with Crippen LogP contribution in [0.3, 0.4) is 0 Å². The smallest absolute Gasteiger partial charge is 0.263 e. The minimum Gasteiger partial charge on any atom is -0.377 e. The van der Waals surface area contributed by atoms with Crippen LogP contribution in [0.15, 0.2) is 56.9 Å². The number of aryl methyl sites for hydroxylation is 1. The zero-order chi connectivity index (χ0) is 35.3. The Morgan fingerprint density at radius 1 is 1.08 bits per heavy atom. The third kappa shape index (κ3) is 7.91. The Hall–Kier alpha value is -4.03. The Balaban J connectivity index is 1.43. The molecular formula is C37H49N5O6S. The van der Waals surface area contributed by atoms with Gasteiger partial charge in [-0.3, -0.25) is 24.2 Å². The number of amidine groups is 1. The van der Waals surface area contributed by atoms with Gasteiger partial charge >= 0.3 is 0 Å². The molecular weight excluding hydrogens is 643 g/mol. The third-order valence-corrected chi connectivity index (χ3v) is 10.8. The number of unbranched alkanes of at least 4 members (excludes halogenated alkanes) is 1. The first kappa shape index (κ1) is 36.3. The summed E-state index contributed by atoms with van der Waals surface area (Å²) in [6.45, 7) is 13.7. The zero-order valence-corrected chi connectivity index (χ0v) is 30.4. The molecule has 0 unspecified atom stereocenters. The van der Waals surface area contributed by atoms with Crippen molar-refractivity contribution in [3.8, 4) is 11.1 Å². The van der Waals surface area contributed by atoms with Gasteiger partial charge in [-0.25, -0.2) is 8.42 Å². The van der Waals surface area contributed by atoms with Crippen LogP contribution in [0, 0.1) is 19.8 Å². The third-order valence-electron chi connectivity index (χ3n) is 9.40. The molecule has 0 aliphatic carbocycles. The van der Waals surface area contributed by atoms with Gasteiger partial charge in [-0.1, -0.05) is 68.7 Å². The molecule has 0 saturated carbocycles.